The van der Waals surface area contributed by atoms with Crippen molar-refractivity contribution in [3.05, 3.63) is 63.9 Å². The van der Waals surface area contributed by atoms with E-state index in [-0.39, 0.29) is 5.91 Å². The van der Waals surface area contributed by atoms with Crippen molar-refractivity contribution in [1.82, 2.24) is 9.80 Å². The van der Waals surface area contributed by atoms with Crippen molar-refractivity contribution in [3.63, 3.8) is 0 Å². The van der Waals surface area contributed by atoms with Crippen molar-refractivity contribution in [2.24, 2.45) is 0 Å². The Morgan fingerprint density at radius 2 is 1.87 bits per heavy atom. The van der Waals surface area contributed by atoms with Crippen LogP contribution in [0.25, 0.3) is 6.08 Å². The van der Waals surface area contributed by atoms with Gasteiger partial charge in [0.05, 0.1) is 0 Å². The molecular formula is C19H22N2OS. The summed E-state index contributed by atoms with van der Waals surface area (Å²) in [4.78, 5) is 17.8. The van der Waals surface area contributed by atoms with Gasteiger partial charge in [-0.15, -0.1) is 11.3 Å². The zero-order valence-electron chi connectivity index (χ0n) is 13.4. The zero-order chi connectivity index (χ0) is 16.1. The molecule has 0 saturated carbocycles. The van der Waals surface area contributed by atoms with Crippen molar-refractivity contribution >= 4 is 23.3 Å². The summed E-state index contributed by atoms with van der Waals surface area (Å²) in [5.41, 5.74) is 2.56. The van der Waals surface area contributed by atoms with E-state index in [9.17, 15) is 4.79 Å². The second-order valence-corrected chi connectivity index (χ2v) is 6.84. The Bertz CT molecular complexity index is 670. The lowest BCUT2D eigenvalue weighted by molar-refractivity contribution is -0.127. The predicted octanol–water partition coefficient (Wildman–Crippen LogP) is 3.41. The molecule has 0 N–H and O–H groups in total. The minimum atomic E-state index is 0.122. The molecule has 1 aliphatic heterocycles. The molecule has 1 aromatic heterocycles. The Kier molecular flexibility index (Phi) is 5.26. The van der Waals surface area contributed by atoms with Gasteiger partial charge in [0.25, 0.3) is 0 Å². The van der Waals surface area contributed by atoms with Gasteiger partial charge < -0.3 is 4.90 Å². The lowest BCUT2D eigenvalue weighted by atomic mass is 10.2. The number of carbonyl (C=O) groups is 1. The molecule has 23 heavy (non-hydrogen) atoms. The van der Waals surface area contributed by atoms with Crippen LogP contribution in [-0.2, 0) is 11.3 Å². The van der Waals surface area contributed by atoms with E-state index in [4.69, 9.17) is 0 Å². The highest BCUT2D eigenvalue weighted by molar-refractivity contribution is 7.11. The van der Waals surface area contributed by atoms with Gasteiger partial charge in [-0.1, -0.05) is 30.3 Å². The smallest absolute Gasteiger partial charge is 0.246 e. The number of hydrogen-bond donors (Lipinski definition) is 0. The molecular weight excluding hydrogens is 304 g/mol. The summed E-state index contributed by atoms with van der Waals surface area (Å²) in [5, 5.41) is 2.06. The van der Waals surface area contributed by atoms with Crippen LogP contribution in [-0.4, -0.2) is 41.9 Å². The van der Waals surface area contributed by atoms with Crippen molar-refractivity contribution in [1.29, 1.82) is 0 Å². The molecule has 4 heteroatoms. The number of carbonyl (C=O) groups excluding carboxylic acids is 1. The first-order valence-electron chi connectivity index (χ1n) is 8.00. The van der Waals surface area contributed by atoms with Gasteiger partial charge in [-0.3, -0.25) is 9.69 Å². The van der Waals surface area contributed by atoms with Gasteiger partial charge in [0.1, 0.15) is 0 Å². The lowest BCUT2D eigenvalue weighted by Gasteiger charge is -2.34. The minimum Gasteiger partial charge on any atom is -0.337 e. The van der Waals surface area contributed by atoms with E-state index in [1.807, 2.05) is 17.0 Å². The first kappa shape index (κ1) is 16.0. The molecule has 1 saturated heterocycles. The molecule has 0 aliphatic carbocycles. The van der Waals surface area contributed by atoms with Crippen LogP contribution in [0, 0.1) is 6.92 Å². The third-order valence-corrected chi connectivity index (χ3v) is 5.20. The number of aryl methyl sites for hydroxylation is 1. The number of amides is 1. The Morgan fingerprint density at radius 1 is 1.13 bits per heavy atom. The molecule has 0 bridgehead atoms. The Labute approximate surface area is 141 Å². The summed E-state index contributed by atoms with van der Waals surface area (Å²) in [6, 6.07) is 12.6. The molecule has 0 atom stereocenters. The third kappa shape index (κ3) is 4.30. The average molecular weight is 326 g/mol. The van der Waals surface area contributed by atoms with Crippen LogP contribution in [0.1, 0.15) is 16.0 Å². The molecule has 120 valence electrons. The molecule has 0 spiro atoms. The number of piperazine rings is 1. The second kappa shape index (κ2) is 7.57. The third-order valence-electron chi connectivity index (χ3n) is 4.21. The number of thiophene rings is 1. The van der Waals surface area contributed by atoms with Gasteiger partial charge in [0.15, 0.2) is 0 Å². The number of benzene rings is 1. The highest BCUT2D eigenvalue weighted by Gasteiger charge is 2.19. The summed E-state index contributed by atoms with van der Waals surface area (Å²) in [6.45, 7) is 6.52. The van der Waals surface area contributed by atoms with E-state index < -0.39 is 0 Å². The first-order chi connectivity index (χ1) is 11.2. The topological polar surface area (TPSA) is 23.6 Å². The van der Waals surface area contributed by atoms with E-state index in [2.05, 4.69) is 47.5 Å². The van der Waals surface area contributed by atoms with Crippen LogP contribution < -0.4 is 0 Å². The highest BCUT2D eigenvalue weighted by atomic mass is 32.1. The van der Waals surface area contributed by atoms with Crippen molar-refractivity contribution in [2.75, 3.05) is 26.2 Å². The van der Waals surface area contributed by atoms with Crippen LogP contribution in [0.4, 0.5) is 0 Å². The van der Waals surface area contributed by atoms with Crippen LogP contribution in [0.2, 0.25) is 0 Å². The van der Waals surface area contributed by atoms with Crippen LogP contribution in [0.15, 0.2) is 47.9 Å². The molecule has 1 amide bonds. The molecule has 2 heterocycles. The molecule has 1 fully saturated rings. The molecule has 3 rings (SSSR count). The van der Waals surface area contributed by atoms with E-state index in [0.29, 0.717) is 0 Å². The van der Waals surface area contributed by atoms with E-state index >= 15 is 0 Å². The van der Waals surface area contributed by atoms with Gasteiger partial charge in [0, 0.05) is 43.7 Å². The van der Waals surface area contributed by atoms with Crippen LogP contribution in [0.3, 0.4) is 0 Å². The normalized spacial score (nSPS) is 16.1. The standard InChI is InChI=1S/C19H22N2OS/c1-16-9-14-23-18(16)7-8-19(22)21-12-10-20(11-13-21)15-17-5-3-2-4-6-17/h2-9,14H,10-13,15H2,1H3/b8-7+. The molecule has 0 radical (unpaired) electrons. The van der Waals surface area contributed by atoms with E-state index in [0.717, 1.165) is 32.7 Å². The maximum atomic E-state index is 12.3. The summed E-state index contributed by atoms with van der Waals surface area (Å²) in [5.74, 6) is 0.122. The van der Waals surface area contributed by atoms with Crippen LogP contribution in [0.5, 0.6) is 0 Å². The van der Waals surface area contributed by atoms with Crippen molar-refractivity contribution in [2.45, 2.75) is 13.5 Å². The number of hydrogen-bond acceptors (Lipinski definition) is 3. The van der Waals surface area contributed by atoms with Gasteiger partial charge in [0.2, 0.25) is 5.91 Å². The summed E-state index contributed by atoms with van der Waals surface area (Å²) >= 11 is 1.67. The fraction of sp³-hybridized carbons (Fsp3) is 0.316. The van der Waals surface area contributed by atoms with Crippen molar-refractivity contribution in [3.8, 4) is 0 Å². The molecule has 2 aromatic rings. The molecule has 0 unspecified atom stereocenters. The van der Waals surface area contributed by atoms with Gasteiger partial charge >= 0.3 is 0 Å². The predicted molar refractivity (Wildman–Crippen MR) is 96.4 cm³/mol. The second-order valence-electron chi connectivity index (χ2n) is 5.89. The maximum absolute atomic E-state index is 12.3. The maximum Gasteiger partial charge on any atom is 0.246 e. The van der Waals surface area contributed by atoms with E-state index in [1.54, 1.807) is 17.4 Å². The average Bonchev–Trinajstić information content (AvgIpc) is 2.99. The fourth-order valence-electron chi connectivity index (χ4n) is 2.78. The Balaban J connectivity index is 1.49. The SMILES string of the molecule is Cc1ccsc1/C=C/C(=O)N1CCN(Cc2ccccc2)CC1. The summed E-state index contributed by atoms with van der Waals surface area (Å²) in [6.07, 6.45) is 3.66. The van der Waals surface area contributed by atoms with E-state index in [1.165, 1.54) is 16.0 Å². The molecule has 1 aliphatic rings. The van der Waals surface area contributed by atoms with Crippen molar-refractivity contribution < 1.29 is 4.79 Å². The fourth-order valence-corrected chi connectivity index (χ4v) is 3.59. The van der Waals surface area contributed by atoms with Crippen LogP contribution >= 0.6 is 11.3 Å². The largest absolute Gasteiger partial charge is 0.337 e. The monoisotopic (exact) mass is 326 g/mol. The quantitative estimate of drug-likeness (QED) is 0.804. The zero-order valence-corrected chi connectivity index (χ0v) is 14.3. The summed E-state index contributed by atoms with van der Waals surface area (Å²) < 4.78 is 0. The minimum absolute atomic E-state index is 0.122. The van der Waals surface area contributed by atoms with Gasteiger partial charge in [-0.05, 0) is 35.6 Å². The lowest BCUT2D eigenvalue weighted by Crippen LogP contribution is -2.47. The molecule has 1 aromatic carbocycles. The van der Waals surface area contributed by atoms with Gasteiger partial charge in [-0.2, -0.15) is 0 Å². The Hall–Kier alpha value is -1.91. The number of rotatable bonds is 4. The van der Waals surface area contributed by atoms with Gasteiger partial charge in [-0.25, -0.2) is 0 Å². The first-order valence-corrected chi connectivity index (χ1v) is 8.88. The Morgan fingerprint density at radius 3 is 2.52 bits per heavy atom. The molecule has 3 nitrogen and oxygen atoms in total. The highest BCUT2D eigenvalue weighted by Crippen LogP contribution is 2.17. The summed E-state index contributed by atoms with van der Waals surface area (Å²) in [7, 11) is 0. The number of nitrogens with zero attached hydrogens (tertiary/aromatic N) is 2.